The third kappa shape index (κ3) is 4.09. The normalized spacial score (nSPS) is 10.8. The van der Waals surface area contributed by atoms with E-state index >= 15 is 0 Å². The van der Waals surface area contributed by atoms with Crippen molar-refractivity contribution in [3.05, 3.63) is 86.7 Å². The molecule has 26 heavy (non-hydrogen) atoms. The Bertz CT molecular complexity index is 936. The summed E-state index contributed by atoms with van der Waals surface area (Å²) < 4.78 is 1.86. The predicted octanol–water partition coefficient (Wildman–Crippen LogP) is 4.79. The molecule has 0 aliphatic carbocycles. The van der Waals surface area contributed by atoms with Crippen LogP contribution in [0.15, 0.2) is 48.5 Å². The summed E-state index contributed by atoms with van der Waals surface area (Å²) >= 11 is 12.1. The summed E-state index contributed by atoms with van der Waals surface area (Å²) in [6, 6.07) is 15.3. The molecule has 4 nitrogen and oxygen atoms in total. The van der Waals surface area contributed by atoms with E-state index in [1.807, 2.05) is 54.9 Å². The standard InChI is InChI=1S/C20H19Cl2N3O/c1-13-19(14(2)25(24-13)12-15-6-4-3-5-7-15)20(26)23-11-16-8-9-17(21)10-18(16)22/h3-10H,11-12H2,1-2H3,(H,23,26). The van der Waals surface area contributed by atoms with Crippen molar-refractivity contribution < 1.29 is 4.79 Å². The molecule has 0 bridgehead atoms. The smallest absolute Gasteiger partial charge is 0.255 e. The van der Waals surface area contributed by atoms with Crippen LogP contribution in [0.25, 0.3) is 0 Å². The lowest BCUT2D eigenvalue weighted by atomic mass is 10.1. The number of hydrogen-bond acceptors (Lipinski definition) is 2. The van der Waals surface area contributed by atoms with Gasteiger partial charge in [-0.25, -0.2) is 0 Å². The van der Waals surface area contributed by atoms with E-state index in [1.54, 1.807) is 12.1 Å². The molecule has 0 radical (unpaired) electrons. The maximum Gasteiger partial charge on any atom is 0.255 e. The highest BCUT2D eigenvalue weighted by Crippen LogP contribution is 2.21. The van der Waals surface area contributed by atoms with Crippen LogP contribution in [0.5, 0.6) is 0 Å². The average molecular weight is 388 g/mol. The number of rotatable bonds is 5. The summed E-state index contributed by atoms with van der Waals surface area (Å²) in [5.41, 5.74) is 4.10. The van der Waals surface area contributed by atoms with E-state index in [2.05, 4.69) is 10.4 Å². The zero-order chi connectivity index (χ0) is 18.7. The molecule has 134 valence electrons. The van der Waals surface area contributed by atoms with Crippen LogP contribution >= 0.6 is 23.2 Å². The van der Waals surface area contributed by atoms with E-state index in [0.717, 1.165) is 16.8 Å². The van der Waals surface area contributed by atoms with Gasteiger partial charge in [0.05, 0.1) is 17.8 Å². The van der Waals surface area contributed by atoms with Crippen molar-refractivity contribution in [3.8, 4) is 0 Å². The fraction of sp³-hybridized carbons (Fsp3) is 0.200. The fourth-order valence-electron chi connectivity index (χ4n) is 2.86. The Balaban J connectivity index is 1.75. The SMILES string of the molecule is Cc1nn(Cc2ccccc2)c(C)c1C(=O)NCc1ccc(Cl)cc1Cl. The molecule has 0 atom stereocenters. The zero-order valence-corrected chi connectivity index (χ0v) is 16.1. The molecule has 0 saturated carbocycles. The Morgan fingerprint density at radius 1 is 1.12 bits per heavy atom. The minimum absolute atomic E-state index is 0.162. The van der Waals surface area contributed by atoms with Gasteiger partial charge in [-0.3, -0.25) is 9.48 Å². The molecule has 1 amide bonds. The second kappa shape index (κ2) is 7.94. The van der Waals surface area contributed by atoms with Gasteiger partial charge in [0.25, 0.3) is 5.91 Å². The number of carbonyl (C=O) groups excluding carboxylic acids is 1. The van der Waals surface area contributed by atoms with Crippen molar-refractivity contribution in [1.29, 1.82) is 0 Å². The van der Waals surface area contributed by atoms with Gasteiger partial charge in [0, 0.05) is 22.3 Å². The zero-order valence-electron chi connectivity index (χ0n) is 14.6. The lowest BCUT2D eigenvalue weighted by Crippen LogP contribution is -2.24. The van der Waals surface area contributed by atoms with Crippen LogP contribution in [0.4, 0.5) is 0 Å². The number of nitrogens with one attached hydrogen (secondary N) is 1. The first kappa shape index (κ1) is 18.5. The van der Waals surface area contributed by atoms with E-state index in [1.165, 1.54) is 0 Å². The van der Waals surface area contributed by atoms with E-state index in [0.29, 0.717) is 34.4 Å². The molecule has 0 aliphatic heterocycles. The van der Waals surface area contributed by atoms with E-state index in [-0.39, 0.29) is 5.91 Å². The van der Waals surface area contributed by atoms with Crippen LogP contribution in [0.3, 0.4) is 0 Å². The van der Waals surface area contributed by atoms with Gasteiger partial charge in [0.2, 0.25) is 0 Å². The highest BCUT2D eigenvalue weighted by atomic mass is 35.5. The molecule has 0 spiro atoms. The molecule has 3 aromatic rings. The van der Waals surface area contributed by atoms with Crippen LogP contribution in [0, 0.1) is 13.8 Å². The summed E-state index contributed by atoms with van der Waals surface area (Å²) in [7, 11) is 0. The molecule has 1 aromatic heterocycles. The highest BCUT2D eigenvalue weighted by Gasteiger charge is 2.18. The molecule has 0 fully saturated rings. The molecule has 2 aromatic carbocycles. The van der Waals surface area contributed by atoms with Gasteiger partial charge in [-0.15, -0.1) is 0 Å². The fourth-order valence-corrected chi connectivity index (χ4v) is 3.34. The Morgan fingerprint density at radius 2 is 1.85 bits per heavy atom. The summed E-state index contributed by atoms with van der Waals surface area (Å²) in [6.07, 6.45) is 0. The molecule has 3 rings (SSSR count). The summed E-state index contributed by atoms with van der Waals surface area (Å²) in [5.74, 6) is -0.162. The van der Waals surface area contributed by atoms with Crippen LogP contribution in [-0.4, -0.2) is 15.7 Å². The van der Waals surface area contributed by atoms with E-state index in [4.69, 9.17) is 23.2 Å². The second-order valence-electron chi connectivity index (χ2n) is 6.11. The van der Waals surface area contributed by atoms with E-state index in [9.17, 15) is 4.79 Å². The summed E-state index contributed by atoms with van der Waals surface area (Å²) in [5, 5.41) is 8.54. The van der Waals surface area contributed by atoms with Crippen molar-refractivity contribution in [2.24, 2.45) is 0 Å². The molecule has 0 aliphatic rings. The first-order chi connectivity index (χ1) is 12.5. The average Bonchev–Trinajstić information content (AvgIpc) is 2.88. The number of benzene rings is 2. The van der Waals surface area contributed by atoms with Crippen LogP contribution in [-0.2, 0) is 13.1 Å². The van der Waals surface area contributed by atoms with E-state index < -0.39 is 0 Å². The maximum atomic E-state index is 12.7. The minimum Gasteiger partial charge on any atom is -0.348 e. The molecule has 6 heteroatoms. The van der Waals surface area contributed by atoms with Crippen molar-refractivity contribution >= 4 is 29.1 Å². The van der Waals surface area contributed by atoms with Crippen molar-refractivity contribution in [2.75, 3.05) is 0 Å². The number of amides is 1. The van der Waals surface area contributed by atoms with Gasteiger partial charge in [-0.2, -0.15) is 5.10 Å². The molecule has 1 N–H and O–H groups in total. The topological polar surface area (TPSA) is 46.9 Å². The minimum atomic E-state index is -0.162. The predicted molar refractivity (Wildman–Crippen MR) is 105 cm³/mol. The van der Waals surface area contributed by atoms with Crippen LogP contribution in [0.1, 0.15) is 32.9 Å². The number of aromatic nitrogens is 2. The van der Waals surface area contributed by atoms with Gasteiger partial charge in [0.15, 0.2) is 0 Å². The monoisotopic (exact) mass is 387 g/mol. The Morgan fingerprint density at radius 3 is 2.54 bits per heavy atom. The van der Waals surface area contributed by atoms with Gasteiger partial charge >= 0.3 is 0 Å². The first-order valence-corrected chi connectivity index (χ1v) is 9.01. The molecule has 0 saturated heterocycles. The number of halogens is 2. The van der Waals surface area contributed by atoms with Crippen molar-refractivity contribution in [2.45, 2.75) is 26.9 Å². The van der Waals surface area contributed by atoms with Crippen molar-refractivity contribution in [3.63, 3.8) is 0 Å². The van der Waals surface area contributed by atoms with Gasteiger partial charge in [0.1, 0.15) is 0 Å². The highest BCUT2D eigenvalue weighted by molar-refractivity contribution is 6.35. The van der Waals surface area contributed by atoms with Crippen molar-refractivity contribution in [1.82, 2.24) is 15.1 Å². The number of carbonyl (C=O) groups is 1. The summed E-state index contributed by atoms with van der Waals surface area (Å²) in [6.45, 7) is 4.72. The Labute approximate surface area is 162 Å². The lowest BCUT2D eigenvalue weighted by molar-refractivity contribution is 0.0949. The quantitative estimate of drug-likeness (QED) is 0.684. The Hall–Kier alpha value is -2.30. The third-order valence-corrected chi connectivity index (χ3v) is 4.83. The number of nitrogens with zero attached hydrogens (tertiary/aromatic N) is 2. The second-order valence-corrected chi connectivity index (χ2v) is 6.95. The first-order valence-electron chi connectivity index (χ1n) is 8.25. The van der Waals surface area contributed by atoms with Gasteiger partial charge in [-0.1, -0.05) is 59.6 Å². The van der Waals surface area contributed by atoms with Crippen LogP contribution < -0.4 is 5.32 Å². The molecular weight excluding hydrogens is 369 g/mol. The molecule has 0 unspecified atom stereocenters. The molecular formula is C20H19Cl2N3O. The lowest BCUT2D eigenvalue weighted by Gasteiger charge is -2.08. The largest absolute Gasteiger partial charge is 0.348 e. The number of hydrogen-bond donors (Lipinski definition) is 1. The van der Waals surface area contributed by atoms with Gasteiger partial charge < -0.3 is 5.32 Å². The van der Waals surface area contributed by atoms with Crippen LogP contribution in [0.2, 0.25) is 10.0 Å². The molecule has 1 heterocycles. The Kier molecular flexibility index (Phi) is 5.64. The third-order valence-electron chi connectivity index (χ3n) is 4.24. The maximum absolute atomic E-state index is 12.7. The summed E-state index contributed by atoms with van der Waals surface area (Å²) in [4.78, 5) is 12.7. The van der Waals surface area contributed by atoms with Gasteiger partial charge in [-0.05, 0) is 37.1 Å². The number of aryl methyl sites for hydroxylation is 1.